The van der Waals surface area contributed by atoms with E-state index in [1.807, 2.05) is 62.5 Å². The highest BCUT2D eigenvalue weighted by molar-refractivity contribution is 7.81. The summed E-state index contributed by atoms with van der Waals surface area (Å²) in [6.45, 7) is 5.06. The van der Waals surface area contributed by atoms with E-state index in [1.54, 1.807) is 4.68 Å². The number of carbonyl (C=O) groups is 1. The molecule has 2 unspecified atom stereocenters. The number of alkyl halides is 1. The van der Waals surface area contributed by atoms with Gasteiger partial charge in [0.25, 0.3) is 0 Å². The highest BCUT2D eigenvalue weighted by atomic mass is 35.5. The van der Waals surface area contributed by atoms with Gasteiger partial charge in [0, 0.05) is 24.5 Å². The predicted molar refractivity (Wildman–Crippen MR) is 127 cm³/mol. The van der Waals surface area contributed by atoms with Gasteiger partial charge in [-0.05, 0) is 48.9 Å². The Morgan fingerprint density at radius 1 is 1.23 bits per heavy atom. The van der Waals surface area contributed by atoms with Crippen molar-refractivity contribution in [2.75, 3.05) is 0 Å². The third kappa shape index (κ3) is 6.34. The lowest BCUT2D eigenvalue weighted by Gasteiger charge is -2.23. The fraction of sp³-hybridized carbons (Fsp3) is 0.375. The molecule has 1 heterocycles. The van der Waals surface area contributed by atoms with E-state index in [9.17, 15) is 4.79 Å². The van der Waals surface area contributed by atoms with Gasteiger partial charge in [0.15, 0.2) is 0 Å². The average Bonchev–Trinajstić information content (AvgIpc) is 3.27. The molecule has 0 amide bonds. The molecule has 3 rings (SSSR count). The first-order chi connectivity index (χ1) is 15.0. The lowest BCUT2D eigenvalue weighted by molar-refractivity contribution is -0.144. The minimum atomic E-state index is -0.601. The molecule has 1 aromatic heterocycles. The van der Waals surface area contributed by atoms with Crippen molar-refractivity contribution in [3.8, 4) is 0 Å². The minimum Gasteiger partial charge on any atom is -0.460 e. The standard InChI is InChI=1S/C24H28ClN3O2S/c1-3-28-15-21(26-27-28)11-12-22(19-10-9-17(2)20(13-19)14-25)23(31)24(29)30-16-18-7-5-4-6-8-18/h4-10,13,15,22-23,31H,3,11-12,14,16H2,1-2H3. The topological polar surface area (TPSA) is 57.0 Å². The van der Waals surface area contributed by atoms with Gasteiger partial charge in [-0.25, -0.2) is 0 Å². The van der Waals surface area contributed by atoms with Crippen LogP contribution in [0.15, 0.2) is 54.7 Å². The first kappa shape index (κ1) is 23.4. The quantitative estimate of drug-likeness (QED) is 0.261. The van der Waals surface area contributed by atoms with Crippen LogP contribution in [0.3, 0.4) is 0 Å². The summed E-state index contributed by atoms with van der Waals surface area (Å²) in [4.78, 5) is 12.9. The molecule has 0 bridgehead atoms. The average molecular weight is 458 g/mol. The minimum absolute atomic E-state index is 0.138. The number of esters is 1. The maximum atomic E-state index is 12.9. The van der Waals surface area contributed by atoms with Crippen LogP contribution in [0.2, 0.25) is 0 Å². The number of halogens is 1. The van der Waals surface area contributed by atoms with Crippen molar-refractivity contribution in [1.82, 2.24) is 15.0 Å². The second-order valence-corrected chi connectivity index (χ2v) is 8.39. The van der Waals surface area contributed by atoms with Gasteiger partial charge in [-0.15, -0.1) is 16.7 Å². The van der Waals surface area contributed by atoms with Crippen LogP contribution in [-0.2, 0) is 35.0 Å². The maximum absolute atomic E-state index is 12.9. The Hall–Kier alpha value is -2.31. The fourth-order valence-electron chi connectivity index (χ4n) is 3.46. The number of thiol groups is 1. The Morgan fingerprint density at radius 3 is 2.68 bits per heavy atom. The van der Waals surface area contributed by atoms with E-state index < -0.39 is 5.25 Å². The second kappa shape index (κ2) is 11.3. The molecule has 2 aromatic carbocycles. The number of hydrogen-bond acceptors (Lipinski definition) is 5. The van der Waals surface area contributed by atoms with E-state index in [1.165, 1.54) is 0 Å². The van der Waals surface area contributed by atoms with Gasteiger partial charge in [0.2, 0.25) is 0 Å². The van der Waals surface area contributed by atoms with E-state index in [-0.39, 0.29) is 18.5 Å². The normalized spacial score (nSPS) is 13.0. The van der Waals surface area contributed by atoms with E-state index in [0.717, 1.165) is 34.5 Å². The van der Waals surface area contributed by atoms with E-state index in [2.05, 4.69) is 29.0 Å². The molecule has 0 spiro atoms. The SMILES string of the molecule is CCn1cc(CCC(c2ccc(C)c(CCl)c2)C(S)C(=O)OCc2ccccc2)nn1. The molecule has 0 fully saturated rings. The van der Waals surface area contributed by atoms with Gasteiger partial charge in [0.05, 0.1) is 5.69 Å². The van der Waals surface area contributed by atoms with Crippen molar-refractivity contribution in [2.45, 2.75) is 56.9 Å². The van der Waals surface area contributed by atoms with E-state index in [4.69, 9.17) is 16.3 Å². The van der Waals surface area contributed by atoms with Gasteiger partial charge in [-0.2, -0.15) is 12.6 Å². The third-order valence-electron chi connectivity index (χ3n) is 5.41. The number of hydrogen-bond donors (Lipinski definition) is 1. The van der Waals surface area contributed by atoms with Crippen LogP contribution in [-0.4, -0.2) is 26.2 Å². The van der Waals surface area contributed by atoms with Crippen LogP contribution >= 0.6 is 24.2 Å². The zero-order valence-corrected chi connectivity index (χ0v) is 19.5. The third-order valence-corrected chi connectivity index (χ3v) is 6.27. The zero-order valence-electron chi connectivity index (χ0n) is 17.9. The van der Waals surface area contributed by atoms with Crippen molar-refractivity contribution >= 4 is 30.2 Å². The van der Waals surface area contributed by atoms with Crippen molar-refractivity contribution < 1.29 is 9.53 Å². The first-order valence-corrected chi connectivity index (χ1v) is 11.5. The first-order valence-electron chi connectivity index (χ1n) is 10.4. The summed E-state index contributed by atoms with van der Waals surface area (Å²) >= 11 is 10.8. The number of carbonyl (C=O) groups excluding carboxylic acids is 1. The van der Waals surface area contributed by atoms with Crippen molar-refractivity contribution in [3.05, 3.63) is 82.7 Å². The molecule has 0 radical (unpaired) electrons. The Labute approximate surface area is 194 Å². The molecule has 3 aromatic rings. The van der Waals surface area contributed by atoms with Gasteiger partial charge >= 0.3 is 5.97 Å². The summed E-state index contributed by atoms with van der Waals surface area (Å²) in [5.41, 5.74) is 5.06. The van der Waals surface area contributed by atoms with Crippen LogP contribution in [0.5, 0.6) is 0 Å². The van der Waals surface area contributed by atoms with Gasteiger partial charge in [-0.1, -0.05) is 53.7 Å². The summed E-state index contributed by atoms with van der Waals surface area (Å²) in [6, 6.07) is 15.8. The lowest BCUT2D eigenvalue weighted by Crippen LogP contribution is -2.26. The highest BCUT2D eigenvalue weighted by Gasteiger charge is 2.28. The maximum Gasteiger partial charge on any atom is 0.319 e. The van der Waals surface area contributed by atoms with Crippen LogP contribution in [0.25, 0.3) is 0 Å². The van der Waals surface area contributed by atoms with E-state index in [0.29, 0.717) is 18.7 Å². The van der Waals surface area contributed by atoms with Crippen molar-refractivity contribution in [3.63, 3.8) is 0 Å². The van der Waals surface area contributed by atoms with Crippen molar-refractivity contribution in [2.24, 2.45) is 0 Å². The Morgan fingerprint density at radius 2 is 2.00 bits per heavy atom. The molecular formula is C24H28ClN3O2S. The lowest BCUT2D eigenvalue weighted by atomic mass is 9.88. The monoisotopic (exact) mass is 457 g/mol. The van der Waals surface area contributed by atoms with Crippen LogP contribution in [0.1, 0.15) is 47.2 Å². The summed E-state index contributed by atoms with van der Waals surface area (Å²) in [5, 5.41) is 7.74. The van der Waals surface area contributed by atoms with Gasteiger partial charge < -0.3 is 4.74 Å². The molecule has 31 heavy (non-hydrogen) atoms. The molecule has 0 saturated heterocycles. The number of rotatable bonds is 10. The van der Waals surface area contributed by atoms with Crippen LogP contribution < -0.4 is 0 Å². The Bertz CT molecular complexity index is 993. The molecule has 2 atom stereocenters. The Kier molecular flexibility index (Phi) is 8.55. The van der Waals surface area contributed by atoms with E-state index >= 15 is 0 Å². The largest absolute Gasteiger partial charge is 0.460 e. The van der Waals surface area contributed by atoms with Crippen LogP contribution in [0, 0.1) is 6.92 Å². The summed E-state index contributed by atoms with van der Waals surface area (Å²) in [6.07, 6.45) is 3.33. The highest BCUT2D eigenvalue weighted by Crippen LogP contribution is 2.31. The van der Waals surface area contributed by atoms with Gasteiger partial charge in [0.1, 0.15) is 11.9 Å². The Balaban J connectivity index is 1.77. The number of aryl methyl sites for hydroxylation is 3. The number of benzene rings is 2. The zero-order chi connectivity index (χ0) is 22.2. The molecule has 7 heteroatoms. The molecule has 0 aliphatic rings. The number of ether oxygens (including phenoxy) is 1. The molecule has 0 aliphatic heterocycles. The fourth-order valence-corrected chi connectivity index (χ4v) is 4.15. The number of nitrogens with zero attached hydrogens (tertiary/aromatic N) is 3. The summed E-state index contributed by atoms with van der Waals surface area (Å²) in [7, 11) is 0. The predicted octanol–water partition coefficient (Wildman–Crippen LogP) is 5.10. The second-order valence-electron chi connectivity index (χ2n) is 7.57. The molecule has 5 nitrogen and oxygen atoms in total. The molecule has 0 saturated carbocycles. The van der Waals surface area contributed by atoms with Crippen LogP contribution in [0.4, 0.5) is 0 Å². The smallest absolute Gasteiger partial charge is 0.319 e. The molecular weight excluding hydrogens is 430 g/mol. The summed E-state index contributed by atoms with van der Waals surface area (Å²) < 4.78 is 7.37. The summed E-state index contributed by atoms with van der Waals surface area (Å²) in [5.74, 6) is -0.0456. The van der Waals surface area contributed by atoms with Crippen molar-refractivity contribution in [1.29, 1.82) is 0 Å². The van der Waals surface area contributed by atoms with Gasteiger partial charge in [-0.3, -0.25) is 9.48 Å². The molecule has 0 N–H and O–H groups in total. The number of aromatic nitrogens is 3. The molecule has 164 valence electrons. The molecule has 0 aliphatic carbocycles.